The molecule has 0 radical (unpaired) electrons. The van der Waals surface area contributed by atoms with Crippen LogP contribution in [-0.4, -0.2) is 25.5 Å². The summed E-state index contributed by atoms with van der Waals surface area (Å²) >= 11 is 4.89. The molecule has 6 nitrogen and oxygen atoms in total. The molecule has 1 aromatic carbocycles. The number of nitrogens with zero attached hydrogens (tertiary/aromatic N) is 3. The van der Waals surface area contributed by atoms with Gasteiger partial charge in [-0.1, -0.05) is 6.07 Å². The summed E-state index contributed by atoms with van der Waals surface area (Å²) in [6, 6.07) is 9.80. The fourth-order valence-corrected chi connectivity index (χ4v) is 2.38. The second-order valence-electron chi connectivity index (χ2n) is 4.87. The van der Waals surface area contributed by atoms with Crippen LogP contribution in [0.4, 0.5) is 14.5 Å². The van der Waals surface area contributed by atoms with Gasteiger partial charge >= 0.3 is 5.38 Å². The lowest BCUT2D eigenvalue weighted by molar-refractivity contribution is -0.384. The van der Waals surface area contributed by atoms with E-state index in [0.29, 0.717) is 0 Å². The lowest BCUT2D eigenvalue weighted by Crippen LogP contribution is -2.23. The van der Waals surface area contributed by atoms with Gasteiger partial charge in [0.25, 0.3) is 11.5 Å². The van der Waals surface area contributed by atoms with Crippen molar-refractivity contribution < 1.29 is 18.5 Å². The Labute approximate surface area is 138 Å². The maximum absolute atomic E-state index is 13.4. The van der Waals surface area contributed by atoms with Gasteiger partial charge in [0.05, 0.1) is 4.92 Å². The van der Waals surface area contributed by atoms with E-state index in [1.54, 1.807) is 12.1 Å². The van der Waals surface area contributed by atoms with Gasteiger partial charge in [-0.2, -0.15) is 8.78 Å². The minimum absolute atomic E-state index is 0.0265. The fourth-order valence-electron chi connectivity index (χ4n) is 2.29. The molecule has 2 aromatic heterocycles. The molecule has 0 aliphatic rings. The van der Waals surface area contributed by atoms with E-state index in [1.165, 1.54) is 40.9 Å². The van der Waals surface area contributed by atoms with Crippen molar-refractivity contribution in [2.75, 3.05) is 0 Å². The van der Waals surface area contributed by atoms with E-state index < -0.39 is 16.1 Å². The Balaban J connectivity index is 2.24. The van der Waals surface area contributed by atoms with Crippen LogP contribution in [0.2, 0.25) is 0 Å². The van der Waals surface area contributed by atoms with E-state index in [9.17, 15) is 23.7 Å². The topological polar surface area (TPSA) is 77.5 Å². The third-order valence-electron chi connectivity index (χ3n) is 3.35. The van der Waals surface area contributed by atoms with Crippen LogP contribution in [0.5, 0.6) is 0 Å². The normalized spacial score (nSPS) is 11.6. The number of rotatable bonds is 4. The number of Topliss-reactive ketones (excluding diaryl/α,β-unsaturated/α-hetero) is 1. The van der Waals surface area contributed by atoms with Gasteiger partial charge in [0.1, 0.15) is 17.0 Å². The van der Waals surface area contributed by atoms with Crippen molar-refractivity contribution in [1.29, 1.82) is 0 Å². The zero-order chi connectivity index (χ0) is 17.5. The van der Waals surface area contributed by atoms with Crippen molar-refractivity contribution in [2.45, 2.75) is 5.38 Å². The van der Waals surface area contributed by atoms with Crippen molar-refractivity contribution in [3.8, 4) is 11.3 Å². The Hall–Kier alpha value is -2.87. The number of nitro groups is 1. The minimum atomic E-state index is -4.10. The maximum atomic E-state index is 13.4. The predicted octanol–water partition coefficient (Wildman–Crippen LogP) is 3.92. The second kappa shape index (κ2) is 5.64. The van der Waals surface area contributed by atoms with Crippen molar-refractivity contribution in [2.24, 2.45) is 0 Å². The SMILES string of the molecule is O=C(c1c(-c2ccc([N+](=O)[O-])cc2)nc2ccccn12)C(F)(F)Cl. The first-order valence-electron chi connectivity index (χ1n) is 6.62. The molecule has 0 saturated heterocycles. The molecule has 122 valence electrons. The van der Waals surface area contributed by atoms with Gasteiger partial charge in [-0.05, 0) is 35.9 Å². The number of fused-ring (bicyclic) bond motifs is 1. The lowest BCUT2D eigenvalue weighted by Gasteiger charge is -2.08. The molecule has 0 atom stereocenters. The van der Waals surface area contributed by atoms with E-state index in [0.717, 1.165) is 0 Å². The quantitative estimate of drug-likeness (QED) is 0.309. The van der Waals surface area contributed by atoms with Gasteiger partial charge in [0.2, 0.25) is 0 Å². The summed E-state index contributed by atoms with van der Waals surface area (Å²) in [5, 5.41) is 6.62. The summed E-state index contributed by atoms with van der Waals surface area (Å²) in [4.78, 5) is 26.4. The van der Waals surface area contributed by atoms with E-state index in [4.69, 9.17) is 11.6 Å². The van der Waals surface area contributed by atoms with Crippen LogP contribution in [0.25, 0.3) is 16.9 Å². The molecule has 3 aromatic rings. The largest absolute Gasteiger partial charge is 0.386 e. The number of benzene rings is 1. The van der Waals surface area contributed by atoms with Crippen molar-refractivity contribution in [1.82, 2.24) is 9.38 Å². The molecule has 9 heteroatoms. The summed E-state index contributed by atoms with van der Waals surface area (Å²) in [6.07, 6.45) is 1.41. The number of halogens is 3. The molecule has 0 fully saturated rings. The van der Waals surface area contributed by atoms with Crippen LogP contribution >= 0.6 is 11.6 Å². The summed E-state index contributed by atoms with van der Waals surface area (Å²) in [7, 11) is 0. The molecular weight excluding hydrogens is 344 g/mol. The minimum Gasteiger partial charge on any atom is -0.296 e. The average molecular weight is 352 g/mol. The molecule has 2 heterocycles. The molecule has 0 aliphatic carbocycles. The first kappa shape index (κ1) is 16.0. The van der Waals surface area contributed by atoms with E-state index in [2.05, 4.69) is 4.98 Å². The smallest absolute Gasteiger partial charge is 0.296 e. The Bertz CT molecular complexity index is 949. The molecule has 0 saturated carbocycles. The highest BCUT2D eigenvalue weighted by Crippen LogP contribution is 2.32. The number of non-ortho nitro benzene ring substituents is 1. The number of ketones is 1. The zero-order valence-corrected chi connectivity index (χ0v) is 12.6. The van der Waals surface area contributed by atoms with Crippen LogP contribution in [0, 0.1) is 10.1 Å². The fraction of sp³-hybridized carbons (Fsp3) is 0.0667. The van der Waals surface area contributed by atoms with Crippen LogP contribution in [-0.2, 0) is 0 Å². The Morgan fingerprint density at radius 3 is 2.46 bits per heavy atom. The number of hydrogen-bond donors (Lipinski definition) is 0. The van der Waals surface area contributed by atoms with Crippen molar-refractivity contribution in [3.05, 3.63) is 64.5 Å². The van der Waals surface area contributed by atoms with Gasteiger partial charge in [-0.3, -0.25) is 19.3 Å². The monoisotopic (exact) mass is 351 g/mol. The van der Waals surface area contributed by atoms with E-state index in [-0.39, 0.29) is 28.3 Å². The second-order valence-corrected chi connectivity index (χ2v) is 5.34. The number of imidazole rings is 1. The molecule has 3 rings (SSSR count). The number of alkyl halides is 3. The molecule has 0 amide bonds. The maximum Gasteiger partial charge on any atom is 0.386 e. The Kier molecular flexibility index (Phi) is 3.76. The third-order valence-corrected chi connectivity index (χ3v) is 3.53. The highest BCUT2D eigenvalue weighted by atomic mass is 35.5. The number of carbonyl (C=O) groups excluding carboxylic acids is 1. The molecule has 0 aliphatic heterocycles. The van der Waals surface area contributed by atoms with Crippen molar-refractivity contribution in [3.63, 3.8) is 0 Å². The molecule has 0 bridgehead atoms. The number of pyridine rings is 1. The summed E-state index contributed by atoms with van der Waals surface area (Å²) in [5.74, 6) is -1.60. The standard InChI is InChI=1S/C15H8ClF2N3O3/c16-15(17,18)14(22)13-12(19-11-3-1-2-8-20(11)13)9-4-6-10(7-5-9)21(23)24/h1-8H. The lowest BCUT2D eigenvalue weighted by atomic mass is 10.1. The summed E-state index contributed by atoms with van der Waals surface area (Å²) < 4.78 is 27.9. The van der Waals surface area contributed by atoms with Gasteiger partial charge in [0, 0.05) is 23.9 Å². The van der Waals surface area contributed by atoms with Gasteiger partial charge < -0.3 is 0 Å². The van der Waals surface area contributed by atoms with Crippen LogP contribution in [0.15, 0.2) is 48.7 Å². The van der Waals surface area contributed by atoms with Crippen LogP contribution in [0.1, 0.15) is 10.5 Å². The number of aromatic nitrogens is 2. The van der Waals surface area contributed by atoms with Gasteiger partial charge in [-0.15, -0.1) is 0 Å². The number of hydrogen-bond acceptors (Lipinski definition) is 4. The van der Waals surface area contributed by atoms with E-state index in [1.807, 2.05) is 0 Å². The summed E-state index contributed by atoms with van der Waals surface area (Å²) in [6.45, 7) is 0. The highest BCUT2D eigenvalue weighted by Gasteiger charge is 2.40. The van der Waals surface area contributed by atoms with Gasteiger partial charge in [0.15, 0.2) is 0 Å². The predicted molar refractivity (Wildman–Crippen MR) is 82.4 cm³/mol. The molecular formula is C15H8ClF2N3O3. The number of carbonyl (C=O) groups is 1. The van der Waals surface area contributed by atoms with Crippen LogP contribution < -0.4 is 0 Å². The van der Waals surface area contributed by atoms with E-state index >= 15 is 0 Å². The average Bonchev–Trinajstić information content (AvgIpc) is 2.92. The van der Waals surface area contributed by atoms with Crippen LogP contribution in [0.3, 0.4) is 0 Å². The summed E-state index contributed by atoms with van der Waals surface area (Å²) in [5.41, 5.74) is -0.0253. The molecule has 24 heavy (non-hydrogen) atoms. The molecule has 0 spiro atoms. The Morgan fingerprint density at radius 1 is 1.21 bits per heavy atom. The van der Waals surface area contributed by atoms with Gasteiger partial charge in [-0.25, -0.2) is 4.98 Å². The number of nitro benzene ring substituents is 1. The first-order valence-corrected chi connectivity index (χ1v) is 7.00. The first-order chi connectivity index (χ1) is 11.3. The highest BCUT2D eigenvalue weighted by molar-refractivity contribution is 6.35. The molecule has 0 unspecified atom stereocenters. The Morgan fingerprint density at radius 2 is 1.88 bits per heavy atom. The van der Waals surface area contributed by atoms with Crippen molar-refractivity contribution >= 4 is 28.7 Å². The molecule has 0 N–H and O–H groups in total. The zero-order valence-electron chi connectivity index (χ0n) is 11.8. The third kappa shape index (κ3) is 2.71.